The van der Waals surface area contributed by atoms with Gasteiger partial charge in [0.05, 0.1) is 0 Å². The quantitative estimate of drug-likeness (QED) is 0.341. The van der Waals surface area contributed by atoms with Crippen LogP contribution in [0.5, 0.6) is 11.8 Å². The van der Waals surface area contributed by atoms with Crippen molar-refractivity contribution in [3.8, 4) is 11.8 Å². The number of allylic oxidation sites excluding steroid dienone is 1. The fourth-order valence-corrected chi connectivity index (χ4v) is 2.89. The van der Waals surface area contributed by atoms with Gasteiger partial charge in [-0.25, -0.2) is 0 Å². The zero-order chi connectivity index (χ0) is 16.8. The van der Waals surface area contributed by atoms with Crippen LogP contribution in [0.1, 0.15) is 96.0 Å². The Kier molecular flexibility index (Phi) is 11.2. The Morgan fingerprint density at radius 1 is 0.826 bits per heavy atom. The Balaban J connectivity index is 1.85. The summed E-state index contributed by atoms with van der Waals surface area (Å²) < 4.78 is 0. The molecule has 23 heavy (non-hydrogen) atoms. The second-order valence-electron chi connectivity index (χ2n) is 6.54. The molecule has 1 rings (SSSR count). The average Bonchev–Trinajstić information content (AvgIpc) is 2.85. The van der Waals surface area contributed by atoms with Crippen LogP contribution in [0.3, 0.4) is 0 Å². The van der Waals surface area contributed by atoms with Crippen LogP contribution in [0, 0.1) is 0 Å². The van der Waals surface area contributed by atoms with Gasteiger partial charge in [-0.15, -0.1) is 0 Å². The Hall–Kier alpha value is -1.38. The maximum atomic E-state index is 9.47. The molecule has 0 saturated heterocycles. The van der Waals surface area contributed by atoms with Crippen LogP contribution in [0.2, 0.25) is 0 Å². The number of aromatic amines is 1. The van der Waals surface area contributed by atoms with E-state index in [4.69, 9.17) is 0 Å². The van der Waals surface area contributed by atoms with Crippen LogP contribution < -0.4 is 0 Å². The first-order valence-electron chi connectivity index (χ1n) is 9.51. The lowest BCUT2D eigenvalue weighted by Gasteiger charge is -2.02. The molecule has 1 heterocycles. The van der Waals surface area contributed by atoms with Crippen LogP contribution in [0.4, 0.5) is 0 Å². The first-order valence-corrected chi connectivity index (χ1v) is 9.51. The van der Waals surface area contributed by atoms with Crippen molar-refractivity contribution in [1.82, 2.24) is 4.98 Å². The van der Waals surface area contributed by atoms with E-state index >= 15 is 0 Å². The molecule has 0 aliphatic heterocycles. The number of aromatic nitrogens is 1. The average molecular weight is 322 g/mol. The zero-order valence-corrected chi connectivity index (χ0v) is 14.8. The van der Waals surface area contributed by atoms with E-state index in [0.717, 1.165) is 6.42 Å². The van der Waals surface area contributed by atoms with Crippen molar-refractivity contribution in [1.29, 1.82) is 0 Å². The van der Waals surface area contributed by atoms with Crippen molar-refractivity contribution in [3.63, 3.8) is 0 Å². The molecule has 3 heteroatoms. The molecule has 132 valence electrons. The number of unbranched alkanes of at least 4 members (excludes halogenated alkanes) is 12. The van der Waals surface area contributed by atoms with Crippen LogP contribution >= 0.6 is 0 Å². The Labute approximate surface area is 141 Å². The second-order valence-corrected chi connectivity index (χ2v) is 6.54. The van der Waals surface area contributed by atoms with E-state index in [-0.39, 0.29) is 11.8 Å². The fraction of sp³-hybridized carbons (Fsp3) is 0.700. The molecule has 0 spiro atoms. The summed E-state index contributed by atoms with van der Waals surface area (Å²) in [6, 6.07) is 1.54. The summed E-state index contributed by atoms with van der Waals surface area (Å²) >= 11 is 0. The van der Waals surface area contributed by atoms with Gasteiger partial charge in [-0.1, -0.05) is 89.7 Å². The summed E-state index contributed by atoms with van der Waals surface area (Å²) in [5.41, 5.74) is 0.654. The third-order valence-electron chi connectivity index (χ3n) is 4.33. The van der Waals surface area contributed by atoms with Crippen LogP contribution in [-0.2, 0) is 0 Å². The number of rotatable bonds is 14. The van der Waals surface area contributed by atoms with E-state index in [1.165, 1.54) is 83.1 Å². The van der Waals surface area contributed by atoms with Crippen LogP contribution in [0.15, 0.2) is 12.1 Å². The number of aromatic hydroxyl groups is 2. The molecule has 0 unspecified atom stereocenters. The predicted octanol–water partition coefficient (Wildman–Crippen LogP) is 6.53. The standard InChI is InChI=1S/C20H35NO2/c1-2-3-4-5-6-7-8-9-10-11-12-13-14-15-16-18-17-19(22)21-20(18)23/h15-17,21-23H,2-14H2,1H3. The fourth-order valence-electron chi connectivity index (χ4n) is 2.89. The molecule has 0 radical (unpaired) electrons. The van der Waals surface area contributed by atoms with Crippen molar-refractivity contribution in [3.05, 3.63) is 17.7 Å². The Morgan fingerprint density at radius 3 is 1.83 bits per heavy atom. The van der Waals surface area contributed by atoms with Gasteiger partial charge in [0.15, 0.2) is 11.8 Å². The zero-order valence-electron chi connectivity index (χ0n) is 14.8. The monoisotopic (exact) mass is 321 g/mol. The summed E-state index contributed by atoms with van der Waals surface area (Å²) in [4.78, 5) is 2.47. The molecule has 3 N–H and O–H groups in total. The lowest BCUT2D eigenvalue weighted by atomic mass is 10.0. The molecule has 0 saturated carbocycles. The van der Waals surface area contributed by atoms with Gasteiger partial charge in [-0.2, -0.15) is 0 Å². The highest BCUT2D eigenvalue weighted by Crippen LogP contribution is 2.23. The highest BCUT2D eigenvalue weighted by Gasteiger charge is 2.01. The molecule has 3 nitrogen and oxygen atoms in total. The van der Waals surface area contributed by atoms with Crippen molar-refractivity contribution in [2.45, 2.75) is 90.4 Å². The van der Waals surface area contributed by atoms with Gasteiger partial charge in [0, 0.05) is 11.6 Å². The van der Waals surface area contributed by atoms with E-state index in [1.54, 1.807) is 0 Å². The minimum Gasteiger partial charge on any atom is -0.494 e. The van der Waals surface area contributed by atoms with Gasteiger partial charge < -0.3 is 10.2 Å². The minimum atomic E-state index is 0.00696. The SMILES string of the molecule is CCCCCCCCCCCCCCC=Cc1cc(O)[nH]c1O. The van der Waals surface area contributed by atoms with Crippen molar-refractivity contribution in [2.75, 3.05) is 0 Å². The first kappa shape index (κ1) is 19.7. The summed E-state index contributed by atoms with van der Waals surface area (Å²) in [6.07, 6.45) is 21.4. The summed E-state index contributed by atoms with van der Waals surface area (Å²) in [6.45, 7) is 2.27. The highest BCUT2D eigenvalue weighted by atomic mass is 16.3. The summed E-state index contributed by atoms with van der Waals surface area (Å²) in [7, 11) is 0. The molecule has 0 aliphatic carbocycles. The second kappa shape index (κ2) is 13.1. The van der Waals surface area contributed by atoms with E-state index in [1.807, 2.05) is 6.08 Å². The predicted molar refractivity (Wildman–Crippen MR) is 98.9 cm³/mol. The molecule has 0 aliphatic rings. The molecular weight excluding hydrogens is 286 g/mol. The molecular formula is C20H35NO2. The topological polar surface area (TPSA) is 56.2 Å². The van der Waals surface area contributed by atoms with Gasteiger partial charge >= 0.3 is 0 Å². The largest absolute Gasteiger partial charge is 0.494 e. The summed E-state index contributed by atoms with van der Waals surface area (Å²) in [5, 5.41) is 18.7. The van der Waals surface area contributed by atoms with Gasteiger partial charge in [0.25, 0.3) is 0 Å². The third-order valence-corrected chi connectivity index (χ3v) is 4.33. The highest BCUT2D eigenvalue weighted by molar-refractivity contribution is 5.56. The lowest BCUT2D eigenvalue weighted by Crippen LogP contribution is -1.82. The molecule has 0 fully saturated rings. The molecule has 1 aromatic heterocycles. The minimum absolute atomic E-state index is 0.00696. The van der Waals surface area contributed by atoms with Crippen LogP contribution in [-0.4, -0.2) is 15.2 Å². The summed E-state index contributed by atoms with van der Waals surface area (Å²) in [5.74, 6) is 0.0426. The van der Waals surface area contributed by atoms with Gasteiger partial charge in [-0.3, -0.25) is 4.98 Å². The Bertz CT molecular complexity index is 423. The number of H-pyrrole nitrogens is 1. The lowest BCUT2D eigenvalue weighted by molar-refractivity contribution is 0.425. The number of hydrogen-bond donors (Lipinski definition) is 3. The van der Waals surface area contributed by atoms with Crippen LogP contribution in [0.25, 0.3) is 6.08 Å². The van der Waals surface area contributed by atoms with Crippen molar-refractivity contribution >= 4 is 6.08 Å². The van der Waals surface area contributed by atoms with Gasteiger partial charge in [0.1, 0.15) is 0 Å². The smallest absolute Gasteiger partial charge is 0.198 e. The Morgan fingerprint density at radius 2 is 1.35 bits per heavy atom. The van der Waals surface area contributed by atoms with Gasteiger partial charge in [0.2, 0.25) is 0 Å². The van der Waals surface area contributed by atoms with Crippen molar-refractivity contribution < 1.29 is 10.2 Å². The van der Waals surface area contributed by atoms with Crippen molar-refractivity contribution in [2.24, 2.45) is 0 Å². The third kappa shape index (κ3) is 10.1. The maximum absolute atomic E-state index is 9.47. The molecule has 0 atom stereocenters. The number of hydrogen-bond acceptors (Lipinski definition) is 2. The van der Waals surface area contributed by atoms with Gasteiger partial charge in [-0.05, 0) is 12.8 Å². The van der Waals surface area contributed by atoms with E-state index < -0.39 is 0 Å². The maximum Gasteiger partial charge on any atom is 0.198 e. The normalized spacial score (nSPS) is 11.5. The van der Waals surface area contributed by atoms with E-state index in [2.05, 4.69) is 18.0 Å². The first-order chi connectivity index (χ1) is 11.2. The van der Waals surface area contributed by atoms with E-state index in [0.29, 0.717) is 5.56 Å². The number of nitrogens with one attached hydrogen (secondary N) is 1. The molecule has 0 aromatic carbocycles. The molecule has 0 bridgehead atoms. The van der Waals surface area contributed by atoms with E-state index in [9.17, 15) is 10.2 Å². The molecule has 1 aromatic rings. The molecule has 0 amide bonds.